The lowest BCUT2D eigenvalue weighted by Crippen LogP contribution is -2.00. The van der Waals surface area contributed by atoms with E-state index in [1.807, 2.05) is 103 Å². The average molecular weight is 707 g/mol. The van der Waals surface area contributed by atoms with Gasteiger partial charge in [0.15, 0.2) is 28.9 Å². The van der Waals surface area contributed by atoms with E-state index in [0.29, 0.717) is 45.8 Å². The fraction of sp³-hybridized carbons (Fsp3) is 0. The maximum Gasteiger partial charge on any atom is 0.229 e. The van der Waals surface area contributed by atoms with Crippen LogP contribution in [-0.4, -0.2) is 29.9 Å². The van der Waals surface area contributed by atoms with Gasteiger partial charge in [-0.05, 0) is 34.4 Å². The third-order valence-electron chi connectivity index (χ3n) is 9.67. The Balaban J connectivity index is 1.05. The molecule has 0 aliphatic carbocycles. The smallest absolute Gasteiger partial charge is 0.229 e. The maximum atomic E-state index is 6.32. The first kappa shape index (κ1) is 32.0. The Morgan fingerprint density at radius 2 is 0.691 bits per heavy atom. The second-order valence-corrected chi connectivity index (χ2v) is 13.2. The molecule has 258 valence electrons. The summed E-state index contributed by atoms with van der Waals surface area (Å²) in [6.07, 6.45) is 1.72. The molecule has 0 fully saturated rings. The summed E-state index contributed by atoms with van der Waals surface area (Å²) in [5.74, 6) is 2.38. The summed E-state index contributed by atoms with van der Waals surface area (Å²) in [6.45, 7) is 0. The van der Waals surface area contributed by atoms with Crippen LogP contribution in [0.4, 0.5) is 0 Å². The molecule has 4 heterocycles. The lowest BCUT2D eigenvalue weighted by molar-refractivity contribution is 0.652. The van der Waals surface area contributed by atoms with Gasteiger partial charge in [0.25, 0.3) is 0 Å². The minimum absolute atomic E-state index is 0.518. The van der Waals surface area contributed by atoms with Crippen molar-refractivity contribution in [2.75, 3.05) is 0 Å². The molecule has 0 amide bonds. The Morgan fingerprint density at radius 1 is 0.309 bits per heavy atom. The lowest BCUT2D eigenvalue weighted by Gasteiger charge is -2.10. The van der Waals surface area contributed by atoms with Gasteiger partial charge < -0.3 is 4.42 Å². The number of hydrogen-bond donors (Lipinski definition) is 0. The molecular weight excluding hydrogens is 677 g/mol. The second-order valence-electron chi connectivity index (χ2n) is 13.2. The number of pyridine rings is 1. The van der Waals surface area contributed by atoms with Crippen molar-refractivity contribution in [3.05, 3.63) is 182 Å². The lowest BCUT2D eigenvalue weighted by atomic mass is 10.0. The van der Waals surface area contributed by atoms with Gasteiger partial charge >= 0.3 is 0 Å². The number of aromatic nitrogens is 6. The minimum atomic E-state index is 0.518. The molecule has 7 nitrogen and oxygen atoms in total. The van der Waals surface area contributed by atoms with Crippen molar-refractivity contribution < 1.29 is 4.42 Å². The van der Waals surface area contributed by atoms with Gasteiger partial charge in [0.05, 0.1) is 5.39 Å². The summed E-state index contributed by atoms with van der Waals surface area (Å²) in [6, 6.07) is 59.3. The van der Waals surface area contributed by atoms with Gasteiger partial charge in [0.2, 0.25) is 5.71 Å². The Kier molecular flexibility index (Phi) is 8.00. The van der Waals surface area contributed by atoms with Crippen LogP contribution in [0, 0.1) is 0 Å². The fourth-order valence-corrected chi connectivity index (χ4v) is 6.82. The molecule has 0 aliphatic heterocycles. The van der Waals surface area contributed by atoms with Gasteiger partial charge in [0, 0.05) is 34.0 Å². The highest BCUT2D eigenvalue weighted by atomic mass is 16.3. The molecular formula is C48H30N6O. The number of nitrogens with zero attached hydrogens (tertiary/aromatic N) is 6. The van der Waals surface area contributed by atoms with Crippen LogP contribution in [0.5, 0.6) is 0 Å². The number of fused-ring (bicyclic) bond motifs is 3. The summed E-state index contributed by atoms with van der Waals surface area (Å²) < 4.78 is 6.32. The predicted octanol–water partition coefficient (Wildman–Crippen LogP) is 11.6. The third-order valence-corrected chi connectivity index (χ3v) is 9.67. The molecule has 6 aromatic carbocycles. The predicted molar refractivity (Wildman–Crippen MR) is 219 cm³/mol. The highest BCUT2D eigenvalue weighted by Crippen LogP contribution is 2.36. The molecule has 7 heteroatoms. The molecule has 10 aromatic rings. The summed E-state index contributed by atoms with van der Waals surface area (Å²) in [4.78, 5) is 29.5. The quantitative estimate of drug-likeness (QED) is 0.163. The summed E-state index contributed by atoms with van der Waals surface area (Å²) in [7, 11) is 0. The van der Waals surface area contributed by atoms with Gasteiger partial charge in [-0.25, -0.2) is 29.9 Å². The van der Waals surface area contributed by atoms with Crippen LogP contribution in [0.25, 0.3) is 101 Å². The largest absolute Gasteiger partial charge is 0.434 e. The molecule has 4 aromatic heterocycles. The molecule has 0 saturated heterocycles. The van der Waals surface area contributed by atoms with Crippen molar-refractivity contribution >= 4 is 22.2 Å². The Morgan fingerprint density at radius 3 is 1.18 bits per heavy atom. The maximum absolute atomic E-state index is 6.32. The summed E-state index contributed by atoms with van der Waals surface area (Å²) >= 11 is 0. The van der Waals surface area contributed by atoms with E-state index in [-0.39, 0.29) is 0 Å². The molecule has 55 heavy (non-hydrogen) atoms. The van der Waals surface area contributed by atoms with E-state index < -0.39 is 0 Å². The van der Waals surface area contributed by atoms with E-state index in [2.05, 4.69) is 77.8 Å². The second kappa shape index (κ2) is 13.7. The van der Waals surface area contributed by atoms with Gasteiger partial charge in [-0.15, -0.1) is 0 Å². The van der Waals surface area contributed by atoms with Gasteiger partial charge in [-0.1, -0.05) is 164 Å². The number of benzene rings is 6. The summed E-state index contributed by atoms with van der Waals surface area (Å²) in [5.41, 5.74) is 11.5. The molecule has 0 spiro atoms. The average Bonchev–Trinajstić information content (AvgIpc) is 3.66. The molecule has 0 unspecified atom stereocenters. The van der Waals surface area contributed by atoms with Gasteiger partial charge in [-0.2, -0.15) is 0 Å². The van der Waals surface area contributed by atoms with Gasteiger partial charge in [0.1, 0.15) is 11.2 Å². The molecule has 10 rings (SSSR count). The van der Waals surface area contributed by atoms with Crippen LogP contribution in [-0.2, 0) is 0 Å². The van der Waals surface area contributed by atoms with Crippen molar-refractivity contribution in [2.24, 2.45) is 0 Å². The van der Waals surface area contributed by atoms with Crippen LogP contribution >= 0.6 is 0 Å². The van der Waals surface area contributed by atoms with Crippen molar-refractivity contribution in [3.63, 3.8) is 0 Å². The molecule has 0 atom stereocenters. The normalized spacial score (nSPS) is 11.3. The fourth-order valence-electron chi connectivity index (χ4n) is 6.82. The SMILES string of the molecule is c1ccc(-c2ccc(-c3nc(-c4ccccc4)nc(-c4ccc(-c5nc(-c6ccc(-c7ccccc7)cc6)nc6c5oc5ncccc56)cc4)n3)cc2)cc1. The van der Waals surface area contributed by atoms with Crippen LogP contribution in [0.3, 0.4) is 0 Å². The number of hydrogen-bond acceptors (Lipinski definition) is 7. The molecule has 0 bridgehead atoms. The summed E-state index contributed by atoms with van der Waals surface area (Å²) in [5, 5.41) is 0.836. The van der Waals surface area contributed by atoms with Crippen molar-refractivity contribution in [1.29, 1.82) is 0 Å². The highest BCUT2D eigenvalue weighted by Gasteiger charge is 2.20. The zero-order valence-electron chi connectivity index (χ0n) is 29.4. The highest BCUT2D eigenvalue weighted by molar-refractivity contribution is 6.06. The first-order valence-corrected chi connectivity index (χ1v) is 18.0. The van der Waals surface area contributed by atoms with Crippen molar-refractivity contribution in [3.8, 4) is 79.1 Å². The Labute approximate surface area is 316 Å². The van der Waals surface area contributed by atoms with Gasteiger partial charge in [-0.3, -0.25) is 0 Å². The van der Waals surface area contributed by atoms with Crippen molar-refractivity contribution in [1.82, 2.24) is 29.9 Å². The van der Waals surface area contributed by atoms with E-state index in [0.717, 1.165) is 55.5 Å². The number of furan rings is 1. The third kappa shape index (κ3) is 6.19. The standard InChI is InChI=1S/C48H30N6O/c1-4-11-31(12-5-1)33-18-24-37(25-19-33)44-50-41(43-42(51-44)40-17-10-30-49-48(40)55-43)35-22-28-39(29-23-35)47-53-45(36-15-8-3-9-16-36)52-46(54-47)38-26-20-34(21-27-38)32-13-6-2-7-14-32/h1-30H. The zero-order chi connectivity index (χ0) is 36.6. The first-order chi connectivity index (χ1) is 27.2. The molecule has 0 aliphatic rings. The number of rotatable bonds is 7. The Hall–Kier alpha value is -7.64. The van der Waals surface area contributed by atoms with E-state index in [1.54, 1.807) is 6.20 Å². The van der Waals surface area contributed by atoms with Crippen LogP contribution in [0.2, 0.25) is 0 Å². The van der Waals surface area contributed by atoms with Crippen LogP contribution in [0.15, 0.2) is 187 Å². The van der Waals surface area contributed by atoms with E-state index in [9.17, 15) is 0 Å². The molecule has 0 N–H and O–H groups in total. The molecule has 0 saturated carbocycles. The van der Waals surface area contributed by atoms with E-state index in [1.165, 1.54) is 0 Å². The monoisotopic (exact) mass is 706 g/mol. The van der Waals surface area contributed by atoms with E-state index >= 15 is 0 Å². The van der Waals surface area contributed by atoms with Crippen LogP contribution < -0.4 is 0 Å². The zero-order valence-corrected chi connectivity index (χ0v) is 29.4. The molecule has 0 radical (unpaired) electrons. The van der Waals surface area contributed by atoms with Crippen LogP contribution in [0.1, 0.15) is 0 Å². The van der Waals surface area contributed by atoms with Crippen molar-refractivity contribution in [2.45, 2.75) is 0 Å². The Bertz CT molecular complexity index is 2930. The first-order valence-electron chi connectivity index (χ1n) is 18.0. The van der Waals surface area contributed by atoms with E-state index in [4.69, 9.17) is 29.3 Å². The topological polar surface area (TPSA) is 90.5 Å². The minimum Gasteiger partial charge on any atom is -0.434 e.